The second kappa shape index (κ2) is 6.49. The number of aromatic amines is 2. The highest BCUT2D eigenvalue weighted by atomic mass is 15.2. The fourth-order valence-corrected chi connectivity index (χ4v) is 2.92. The molecule has 0 saturated carbocycles. The Bertz CT molecular complexity index is 981. The van der Waals surface area contributed by atoms with E-state index < -0.39 is 0 Å². The maximum atomic E-state index is 4.63. The lowest BCUT2D eigenvalue weighted by atomic mass is 10.1. The van der Waals surface area contributed by atoms with Crippen LogP contribution in [0.25, 0.3) is 22.3 Å². The summed E-state index contributed by atoms with van der Waals surface area (Å²) in [5.74, 6) is 1.58. The second-order valence-corrected chi connectivity index (χ2v) is 6.51. The highest BCUT2D eigenvalue weighted by Crippen LogP contribution is 2.18. The van der Waals surface area contributed by atoms with Crippen molar-refractivity contribution in [1.29, 1.82) is 0 Å². The number of fused-ring (bicyclic) bond motifs is 1. The molecule has 25 heavy (non-hydrogen) atoms. The Balaban J connectivity index is 1.51. The van der Waals surface area contributed by atoms with Gasteiger partial charge in [-0.3, -0.25) is 10.2 Å². The van der Waals surface area contributed by atoms with Gasteiger partial charge in [-0.25, -0.2) is 4.98 Å². The topological polar surface area (TPSA) is 73.5 Å². The normalized spacial score (nSPS) is 11.5. The van der Waals surface area contributed by atoms with Crippen molar-refractivity contribution < 1.29 is 0 Å². The molecule has 0 bridgehead atoms. The zero-order valence-corrected chi connectivity index (χ0v) is 14.3. The van der Waals surface area contributed by atoms with Crippen molar-refractivity contribution in [3.8, 4) is 11.4 Å². The van der Waals surface area contributed by atoms with Crippen LogP contribution >= 0.6 is 0 Å². The number of hydrogen-bond acceptors (Lipinski definition) is 4. The smallest absolute Gasteiger partial charge is 0.181 e. The van der Waals surface area contributed by atoms with Gasteiger partial charge in [0, 0.05) is 23.9 Å². The van der Waals surface area contributed by atoms with E-state index in [2.05, 4.69) is 86.8 Å². The van der Waals surface area contributed by atoms with E-state index in [1.54, 1.807) is 0 Å². The van der Waals surface area contributed by atoms with Gasteiger partial charge in [-0.05, 0) is 31.3 Å². The summed E-state index contributed by atoms with van der Waals surface area (Å²) in [7, 11) is 4.13. The maximum Gasteiger partial charge on any atom is 0.181 e. The summed E-state index contributed by atoms with van der Waals surface area (Å²) < 4.78 is 0. The van der Waals surface area contributed by atoms with Crippen LogP contribution in [0.4, 0.5) is 0 Å². The quantitative estimate of drug-likeness (QED) is 0.589. The van der Waals surface area contributed by atoms with Gasteiger partial charge in [0.2, 0.25) is 0 Å². The molecule has 0 amide bonds. The molecule has 0 spiro atoms. The third-order valence-electron chi connectivity index (χ3n) is 4.12. The molecule has 0 aliphatic heterocycles. The largest absolute Gasteiger partial charge is 0.305 e. The monoisotopic (exact) mass is 332 g/mol. The van der Waals surface area contributed by atoms with Crippen LogP contribution in [0.1, 0.15) is 17.0 Å². The van der Waals surface area contributed by atoms with Gasteiger partial charge in [0.15, 0.2) is 5.82 Å². The Morgan fingerprint density at radius 1 is 0.960 bits per heavy atom. The predicted octanol–water partition coefficient (Wildman–Crippen LogP) is 3.00. The van der Waals surface area contributed by atoms with Gasteiger partial charge in [0.25, 0.3) is 0 Å². The molecule has 0 aliphatic rings. The average Bonchev–Trinajstić information content (AvgIpc) is 3.24. The van der Waals surface area contributed by atoms with E-state index in [-0.39, 0.29) is 0 Å². The van der Waals surface area contributed by atoms with Gasteiger partial charge < -0.3 is 4.90 Å². The Kier molecular flexibility index (Phi) is 4.03. The highest BCUT2D eigenvalue weighted by Gasteiger charge is 2.08. The molecule has 4 rings (SSSR count). The molecule has 0 saturated heterocycles. The lowest BCUT2D eigenvalue weighted by molar-refractivity contribution is 0.402. The fourth-order valence-electron chi connectivity index (χ4n) is 2.92. The Morgan fingerprint density at radius 2 is 1.76 bits per heavy atom. The maximum absolute atomic E-state index is 4.63. The Labute approximate surface area is 145 Å². The first kappa shape index (κ1) is 15.5. The first-order chi connectivity index (χ1) is 12.2. The average molecular weight is 332 g/mol. The minimum absolute atomic E-state index is 0.709. The van der Waals surface area contributed by atoms with Gasteiger partial charge in [0.1, 0.15) is 5.82 Å². The Hall–Kier alpha value is -2.99. The minimum atomic E-state index is 0.709. The summed E-state index contributed by atoms with van der Waals surface area (Å²) in [6.45, 7) is 0.926. The van der Waals surface area contributed by atoms with Crippen molar-refractivity contribution in [2.75, 3.05) is 14.1 Å². The molecule has 0 radical (unpaired) electrons. The molecule has 0 atom stereocenters. The number of hydrogen-bond donors (Lipinski definition) is 2. The van der Waals surface area contributed by atoms with Crippen LogP contribution in [-0.4, -0.2) is 44.4 Å². The van der Waals surface area contributed by atoms with E-state index in [0.29, 0.717) is 6.42 Å². The van der Waals surface area contributed by atoms with E-state index in [1.165, 1.54) is 11.1 Å². The Morgan fingerprint density at radius 3 is 2.56 bits per heavy atom. The molecule has 6 heteroatoms. The van der Waals surface area contributed by atoms with Crippen LogP contribution in [0.3, 0.4) is 0 Å². The molecule has 2 aromatic carbocycles. The molecule has 0 fully saturated rings. The molecule has 126 valence electrons. The second-order valence-electron chi connectivity index (χ2n) is 6.51. The molecule has 2 heterocycles. The van der Waals surface area contributed by atoms with E-state index in [1.807, 2.05) is 6.20 Å². The number of nitrogens with one attached hydrogen (secondary N) is 2. The third-order valence-corrected chi connectivity index (χ3v) is 4.12. The number of rotatable bonds is 5. The zero-order chi connectivity index (χ0) is 17.2. The minimum Gasteiger partial charge on any atom is -0.305 e. The summed E-state index contributed by atoms with van der Waals surface area (Å²) in [6.07, 6.45) is 2.53. The standard InChI is InChI=1S/C19H20N6/c1-25(2)12-13-3-6-15(7-4-13)19-21-18(23-24-19)10-14-5-8-16-11-20-22-17(16)9-14/h3-9,11H,10,12H2,1-2H3,(H,20,22)(H,21,23,24). The summed E-state index contributed by atoms with van der Waals surface area (Å²) in [5.41, 5.74) is 4.50. The van der Waals surface area contributed by atoms with Gasteiger partial charge >= 0.3 is 0 Å². The van der Waals surface area contributed by atoms with Crippen LogP contribution in [-0.2, 0) is 13.0 Å². The van der Waals surface area contributed by atoms with Crippen molar-refractivity contribution in [2.45, 2.75) is 13.0 Å². The third kappa shape index (κ3) is 3.44. The van der Waals surface area contributed by atoms with Crippen molar-refractivity contribution >= 4 is 10.9 Å². The van der Waals surface area contributed by atoms with Crippen LogP contribution < -0.4 is 0 Å². The van der Waals surface area contributed by atoms with Gasteiger partial charge in [0.05, 0.1) is 11.7 Å². The van der Waals surface area contributed by atoms with Crippen LogP contribution in [0.2, 0.25) is 0 Å². The van der Waals surface area contributed by atoms with Crippen molar-refractivity contribution in [1.82, 2.24) is 30.3 Å². The summed E-state index contributed by atoms with van der Waals surface area (Å²) >= 11 is 0. The summed E-state index contributed by atoms with van der Waals surface area (Å²) in [6, 6.07) is 14.6. The fraction of sp³-hybridized carbons (Fsp3) is 0.211. The number of benzene rings is 2. The van der Waals surface area contributed by atoms with Gasteiger partial charge in [-0.15, -0.1) is 0 Å². The zero-order valence-electron chi connectivity index (χ0n) is 14.3. The van der Waals surface area contributed by atoms with Crippen LogP contribution in [0, 0.1) is 0 Å². The number of aromatic nitrogens is 5. The molecular weight excluding hydrogens is 312 g/mol. The van der Waals surface area contributed by atoms with Crippen molar-refractivity contribution in [2.24, 2.45) is 0 Å². The highest BCUT2D eigenvalue weighted by molar-refractivity contribution is 5.78. The lowest BCUT2D eigenvalue weighted by Gasteiger charge is -2.09. The van der Waals surface area contributed by atoms with E-state index in [0.717, 1.165) is 34.7 Å². The number of nitrogens with zero attached hydrogens (tertiary/aromatic N) is 4. The SMILES string of the molecule is CN(C)Cc1ccc(-c2n[nH]c(Cc3ccc4cn[nH]c4c3)n2)cc1. The van der Waals surface area contributed by atoms with Crippen LogP contribution in [0.5, 0.6) is 0 Å². The van der Waals surface area contributed by atoms with E-state index >= 15 is 0 Å². The predicted molar refractivity (Wildman–Crippen MR) is 98.1 cm³/mol. The van der Waals surface area contributed by atoms with E-state index in [4.69, 9.17) is 0 Å². The first-order valence-corrected chi connectivity index (χ1v) is 8.25. The molecule has 4 aromatic rings. The summed E-state index contributed by atoms with van der Waals surface area (Å²) in [4.78, 5) is 6.78. The van der Waals surface area contributed by atoms with Gasteiger partial charge in [-0.1, -0.05) is 36.4 Å². The molecule has 2 N–H and O–H groups in total. The summed E-state index contributed by atoms with van der Waals surface area (Å²) in [5, 5.41) is 15.6. The van der Waals surface area contributed by atoms with Gasteiger partial charge in [-0.2, -0.15) is 10.2 Å². The van der Waals surface area contributed by atoms with Crippen LogP contribution in [0.15, 0.2) is 48.7 Å². The molecule has 6 nitrogen and oxygen atoms in total. The van der Waals surface area contributed by atoms with Crippen molar-refractivity contribution in [3.63, 3.8) is 0 Å². The molecule has 0 aliphatic carbocycles. The molecular formula is C19H20N6. The lowest BCUT2D eigenvalue weighted by Crippen LogP contribution is -2.10. The molecule has 0 unspecified atom stereocenters. The van der Waals surface area contributed by atoms with E-state index in [9.17, 15) is 0 Å². The number of H-pyrrole nitrogens is 2. The molecule has 2 aromatic heterocycles. The van der Waals surface area contributed by atoms with Crippen molar-refractivity contribution in [3.05, 3.63) is 65.6 Å². The first-order valence-electron chi connectivity index (χ1n) is 8.25.